The number of hydrogen-bond acceptors (Lipinski definition) is 8. The number of phenolic OH excluding ortho intramolecular Hbond substituents is 1. The first kappa shape index (κ1) is 42.9. The molecule has 8 heteroatoms. The van der Waals surface area contributed by atoms with Gasteiger partial charge in [-0.1, -0.05) is 83.2 Å². The molecule has 0 radical (unpaired) electrons. The number of hydrogen-bond donors (Lipinski definition) is 5. The van der Waals surface area contributed by atoms with Crippen molar-refractivity contribution in [2.45, 2.75) is 185 Å². The summed E-state index contributed by atoms with van der Waals surface area (Å²) in [6.45, 7) is 14.1. The van der Waals surface area contributed by atoms with Gasteiger partial charge in [-0.05, 0) is 166 Å². The molecule has 7 fully saturated rings. The Morgan fingerprint density at radius 1 is 0.919 bits per heavy atom. The monoisotopic (exact) mass is 847 g/mol. The summed E-state index contributed by atoms with van der Waals surface area (Å²) in [6.07, 6.45) is 12.4. The Balaban J connectivity index is 1.02. The van der Waals surface area contributed by atoms with E-state index in [1.807, 2.05) is 31.2 Å². The van der Waals surface area contributed by atoms with Crippen LogP contribution in [0.4, 0.5) is 5.69 Å². The van der Waals surface area contributed by atoms with Crippen LogP contribution in [0.5, 0.6) is 5.75 Å². The van der Waals surface area contributed by atoms with Crippen LogP contribution in [0, 0.1) is 45.3 Å². The number of nitrogens with two attached hydrogens (primary N) is 1. The molecule has 1 spiro atoms. The number of aliphatic hydroxyl groups is 2. The number of ketones is 2. The predicted octanol–water partition coefficient (Wildman–Crippen LogP) is 9.49. The summed E-state index contributed by atoms with van der Waals surface area (Å²) in [5, 5.41) is 38.7. The molecule has 336 valence electrons. The highest BCUT2D eigenvalue weighted by molar-refractivity contribution is 6.01. The van der Waals surface area contributed by atoms with Crippen molar-refractivity contribution in [2.75, 3.05) is 12.3 Å². The number of carbonyl (C=O) groups is 2. The van der Waals surface area contributed by atoms with E-state index in [-0.39, 0.29) is 57.7 Å². The van der Waals surface area contributed by atoms with Crippen molar-refractivity contribution < 1.29 is 29.6 Å². The van der Waals surface area contributed by atoms with Crippen LogP contribution < -0.4 is 11.1 Å². The fourth-order valence-corrected chi connectivity index (χ4v) is 17.7. The Hall–Kier alpha value is -3.04. The molecule has 0 aromatic heterocycles. The van der Waals surface area contributed by atoms with Gasteiger partial charge < -0.3 is 31.1 Å². The molecule has 10 rings (SSSR count). The van der Waals surface area contributed by atoms with Crippen molar-refractivity contribution >= 4 is 17.3 Å². The number of nitrogen functional groups attached to an aromatic ring is 1. The first-order valence-electron chi connectivity index (χ1n) is 24.6. The zero-order chi connectivity index (χ0) is 43.8. The van der Waals surface area contributed by atoms with Gasteiger partial charge in [-0.2, -0.15) is 0 Å². The Bertz CT molecular complexity index is 2180. The van der Waals surface area contributed by atoms with Crippen LogP contribution in [-0.2, 0) is 19.7 Å². The van der Waals surface area contributed by atoms with Gasteiger partial charge in [0.05, 0.1) is 22.7 Å². The van der Waals surface area contributed by atoms with Gasteiger partial charge in [0.1, 0.15) is 17.6 Å². The van der Waals surface area contributed by atoms with E-state index in [0.29, 0.717) is 49.8 Å². The number of fused-ring (bicyclic) bond motifs is 1. The number of Topliss-reactive ketones (excluding diaryl/α,β-unsaturated/α-hetero) is 2. The smallest absolute Gasteiger partial charge is 0.160 e. The van der Waals surface area contributed by atoms with Crippen molar-refractivity contribution in [3.63, 3.8) is 0 Å². The minimum absolute atomic E-state index is 0.00823. The summed E-state index contributed by atoms with van der Waals surface area (Å²) in [4.78, 5) is 30.9. The number of aliphatic hydroxyl groups excluding tert-OH is 1. The van der Waals surface area contributed by atoms with Gasteiger partial charge in [-0.15, -0.1) is 0 Å². The lowest BCUT2D eigenvalue weighted by Crippen LogP contribution is -2.72. The molecule has 5 bridgehead atoms. The molecule has 15 atom stereocenters. The number of nitrogens with one attached hydrogen (secondary N) is 1. The molecule has 2 aromatic carbocycles. The van der Waals surface area contributed by atoms with Gasteiger partial charge in [0, 0.05) is 35.5 Å². The summed E-state index contributed by atoms with van der Waals surface area (Å²) < 4.78 is 6.55. The van der Waals surface area contributed by atoms with E-state index >= 15 is 9.59 Å². The SMILES string of the molecule is C[C@H](C[C@@H](O)[C@H]1O[C@]1(C)[C@@H]1CCC[C@H]1c1cccc(N)c1)C1=C2CC[C@@H]3[C@]4(C)C[C@]5(c6cccc(O)c6)CCC[C@@]2(CC1=O)[C@@]3(C)C[C@@H]1NC[C@](C)(O)CCCC[C@@](C)(C5=O)[C@H]14. The predicted molar refractivity (Wildman–Crippen MR) is 242 cm³/mol. The third-order valence-electron chi connectivity index (χ3n) is 20.0. The number of β-amino-alcohol motifs (C(OH)–C–C–N with tert-alkyl or cyclic N) is 1. The molecule has 0 unspecified atom stereocenters. The van der Waals surface area contributed by atoms with E-state index in [4.69, 9.17) is 10.5 Å². The average Bonchev–Trinajstić information content (AvgIpc) is 3.51. The van der Waals surface area contributed by atoms with Crippen LogP contribution >= 0.6 is 0 Å². The molecule has 2 saturated heterocycles. The molecule has 6 aliphatic carbocycles. The van der Waals surface area contributed by atoms with E-state index in [1.54, 1.807) is 6.07 Å². The van der Waals surface area contributed by atoms with Crippen LogP contribution in [-0.4, -0.2) is 62.9 Å². The maximum absolute atomic E-state index is 15.9. The lowest BCUT2D eigenvalue weighted by Gasteiger charge is -2.72. The van der Waals surface area contributed by atoms with Gasteiger partial charge in [0.2, 0.25) is 0 Å². The summed E-state index contributed by atoms with van der Waals surface area (Å²) in [5.41, 5.74) is 8.06. The highest BCUT2D eigenvalue weighted by Gasteiger charge is 2.75. The number of ether oxygens (including phenoxy) is 1. The number of rotatable bonds is 7. The number of epoxide rings is 1. The Labute approximate surface area is 370 Å². The number of anilines is 1. The number of phenols is 1. The molecule has 2 aromatic rings. The van der Waals surface area contributed by atoms with Crippen LogP contribution in [0.25, 0.3) is 0 Å². The first-order chi connectivity index (χ1) is 29.3. The topological polar surface area (TPSA) is 145 Å². The second-order valence-electron chi connectivity index (χ2n) is 23.6. The molecule has 5 saturated carbocycles. The minimum Gasteiger partial charge on any atom is -0.508 e. The molecule has 2 heterocycles. The van der Waals surface area contributed by atoms with E-state index in [2.05, 4.69) is 58.1 Å². The summed E-state index contributed by atoms with van der Waals surface area (Å²) >= 11 is 0. The Morgan fingerprint density at radius 2 is 1.69 bits per heavy atom. The molecule has 8 aliphatic rings. The quantitative estimate of drug-likeness (QED) is 0.137. The van der Waals surface area contributed by atoms with Gasteiger partial charge >= 0.3 is 0 Å². The second kappa shape index (κ2) is 14.5. The van der Waals surface area contributed by atoms with E-state index in [9.17, 15) is 15.3 Å². The Morgan fingerprint density at radius 3 is 2.47 bits per heavy atom. The van der Waals surface area contributed by atoms with E-state index in [0.717, 1.165) is 93.9 Å². The fourth-order valence-electron chi connectivity index (χ4n) is 17.7. The largest absolute Gasteiger partial charge is 0.508 e. The third kappa shape index (κ3) is 6.10. The number of carbonyl (C=O) groups excluding carboxylic acids is 2. The van der Waals surface area contributed by atoms with Gasteiger partial charge in [-0.3, -0.25) is 9.59 Å². The highest BCUT2D eigenvalue weighted by atomic mass is 16.6. The molecule has 0 amide bonds. The maximum atomic E-state index is 15.9. The van der Waals surface area contributed by atoms with Crippen molar-refractivity contribution in [2.24, 2.45) is 45.3 Å². The summed E-state index contributed by atoms with van der Waals surface area (Å²) in [7, 11) is 0. The van der Waals surface area contributed by atoms with Crippen LogP contribution in [0.1, 0.15) is 161 Å². The molecule has 6 N–H and O–H groups in total. The lowest BCUT2D eigenvalue weighted by molar-refractivity contribution is -0.206. The zero-order valence-electron chi connectivity index (χ0n) is 38.4. The van der Waals surface area contributed by atoms with Gasteiger partial charge in [0.25, 0.3) is 0 Å². The Kier molecular flexibility index (Phi) is 10.0. The first-order valence-corrected chi connectivity index (χ1v) is 24.6. The second-order valence-corrected chi connectivity index (χ2v) is 23.6. The summed E-state index contributed by atoms with van der Waals surface area (Å²) in [5.74, 6) is 1.67. The average molecular weight is 847 g/mol. The lowest BCUT2D eigenvalue weighted by atomic mass is 9.32. The minimum atomic E-state index is -0.850. The van der Waals surface area contributed by atoms with E-state index < -0.39 is 28.1 Å². The normalized spacial score (nSPS) is 46.1. The number of benzene rings is 2. The van der Waals surface area contributed by atoms with Crippen LogP contribution in [0.2, 0.25) is 0 Å². The molecular weight excluding hydrogens is 773 g/mol. The van der Waals surface area contributed by atoms with Crippen molar-refractivity contribution in [3.8, 4) is 5.75 Å². The zero-order valence-corrected chi connectivity index (χ0v) is 38.4. The van der Waals surface area contributed by atoms with Crippen molar-refractivity contribution in [3.05, 3.63) is 70.8 Å². The van der Waals surface area contributed by atoms with Crippen LogP contribution in [0.15, 0.2) is 59.7 Å². The molecular formula is C54H74N2O6. The summed E-state index contributed by atoms with van der Waals surface area (Å²) in [6, 6.07) is 15.9. The van der Waals surface area contributed by atoms with E-state index in [1.165, 1.54) is 11.1 Å². The number of aromatic hydroxyl groups is 1. The van der Waals surface area contributed by atoms with Crippen LogP contribution in [0.3, 0.4) is 0 Å². The fraction of sp³-hybridized carbons (Fsp3) is 0.704. The van der Waals surface area contributed by atoms with Gasteiger partial charge in [0.15, 0.2) is 5.78 Å². The van der Waals surface area contributed by atoms with Gasteiger partial charge in [-0.25, -0.2) is 0 Å². The maximum Gasteiger partial charge on any atom is 0.160 e. The number of allylic oxidation sites excluding steroid dienone is 2. The molecule has 2 aliphatic heterocycles. The molecule has 62 heavy (non-hydrogen) atoms. The highest BCUT2D eigenvalue weighted by Crippen LogP contribution is 2.78. The van der Waals surface area contributed by atoms with Crippen molar-refractivity contribution in [1.29, 1.82) is 0 Å². The van der Waals surface area contributed by atoms with Crippen molar-refractivity contribution in [1.82, 2.24) is 5.32 Å². The third-order valence-corrected chi connectivity index (χ3v) is 20.0. The molecule has 8 nitrogen and oxygen atoms in total. The standard InChI is InChI=1S/C54H74N2O6/c1-32(25-41(58)46-52(6,62-46)38-18-11-17-37(38)33-13-9-15-35(55)26-33)44-39-19-20-43-50(4)30-53(34-14-10-16-36(57)27-34)23-12-24-54(39,29-42(44)59)51(43,5)28-40-45(50)49(3,47(53)60)22-8-7-21-48(2,61)31-56-40/h9-10,13-16,26-27,32,37-38,40-41,43,45-46,56-58,61H,7-8,11-12,17-25,28-31,55H2,1-6H3/t32-,37+,38-,40+,41-,43-,45+,46-,48-,49-,50+,51+,52-,53+,54+/m1/s1.